The molecule has 1 fully saturated rings. The number of methoxy groups -OCH3 is 1. The summed E-state index contributed by atoms with van der Waals surface area (Å²) < 4.78 is 34.4. The van der Waals surface area contributed by atoms with Crippen LogP contribution in [0.5, 0.6) is 5.75 Å². The van der Waals surface area contributed by atoms with E-state index in [1.165, 1.54) is 7.11 Å². The minimum absolute atomic E-state index is 0.0332. The third-order valence-corrected chi connectivity index (χ3v) is 9.17. The molecule has 2 heterocycles. The predicted octanol–water partition coefficient (Wildman–Crippen LogP) is 5.46. The highest BCUT2D eigenvalue weighted by molar-refractivity contribution is 5.94. The van der Waals surface area contributed by atoms with Gasteiger partial charge in [-0.05, 0) is 41.7 Å². The summed E-state index contributed by atoms with van der Waals surface area (Å²) in [6, 6.07) is 14.4. The first-order valence-corrected chi connectivity index (χ1v) is 17.6. The normalized spacial score (nSPS) is 24.7. The van der Waals surface area contributed by atoms with Gasteiger partial charge in [-0.2, -0.15) is 0 Å². The molecule has 4 rings (SSSR count). The lowest BCUT2D eigenvalue weighted by molar-refractivity contribution is -0.340. The Kier molecular flexibility index (Phi) is 14.2. The molecule has 2 aliphatic rings. The Morgan fingerprint density at radius 2 is 1.75 bits per heavy atom. The number of unbranched alkanes of at least 4 members (excludes halogenated alkanes) is 4. The number of hydrogen-bond acceptors (Lipinski definition) is 12. The number of fused-ring (bicyclic) bond motifs is 3. The van der Waals surface area contributed by atoms with Crippen LogP contribution in [0.3, 0.4) is 0 Å². The van der Waals surface area contributed by atoms with Gasteiger partial charge in [-0.1, -0.05) is 82.9 Å². The Morgan fingerprint density at radius 3 is 2.45 bits per heavy atom. The van der Waals surface area contributed by atoms with Crippen LogP contribution in [0.15, 0.2) is 60.2 Å². The van der Waals surface area contributed by atoms with E-state index < -0.39 is 66.6 Å². The van der Waals surface area contributed by atoms with Crippen molar-refractivity contribution in [1.82, 2.24) is 0 Å². The van der Waals surface area contributed by atoms with Gasteiger partial charge in [0.05, 0.1) is 38.3 Å². The lowest BCUT2D eigenvalue weighted by Gasteiger charge is -2.51. The van der Waals surface area contributed by atoms with Crippen molar-refractivity contribution in [3.63, 3.8) is 0 Å². The summed E-state index contributed by atoms with van der Waals surface area (Å²) >= 11 is 0. The molecule has 0 aliphatic carbocycles. The summed E-state index contributed by atoms with van der Waals surface area (Å²) in [6.45, 7) is 4.16. The number of aliphatic hydroxyl groups excluding tert-OH is 1. The topological polar surface area (TPSA) is 164 Å². The molecule has 2 aliphatic heterocycles. The van der Waals surface area contributed by atoms with E-state index in [-0.39, 0.29) is 49.2 Å². The highest BCUT2D eigenvalue weighted by Gasteiger charge is 2.59. The molecular weight excluding hydrogens is 660 g/mol. The Labute approximate surface area is 299 Å². The first-order chi connectivity index (χ1) is 24.4. The molecule has 12 heteroatoms. The fourth-order valence-corrected chi connectivity index (χ4v) is 6.18. The average Bonchev–Trinajstić information content (AvgIpc) is 3.11. The van der Waals surface area contributed by atoms with Crippen molar-refractivity contribution in [3.8, 4) is 16.9 Å². The molecule has 1 saturated heterocycles. The molecule has 2 aromatic carbocycles. The van der Waals surface area contributed by atoms with Gasteiger partial charge < -0.3 is 38.6 Å². The Hall–Kier alpha value is -4.26. The number of aliphatic hydroxyl groups is 2. The average molecular weight is 711 g/mol. The number of carbonyl (C=O) groups is 4. The van der Waals surface area contributed by atoms with Crippen LogP contribution in [0.25, 0.3) is 11.1 Å². The van der Waals surface area contributed by atoms with E-state index in [2.05, 4.69) is 6.92 Å². The summed E-state index contributed by atoms with van der Waals surface area (Å²) in [7, 11) is 1.19. The Morgan fingerprint density at radius 1 is 1.00 bits per heavy atom. The molecule has 2 N–H and O–H groups in total. The minimum Gasteiger partial charge on any atom is -0.492 e. The van der Waals surface area contributed by atoms with Crippen molar-refractivity contribution in [2.45, 2.75) is 103 Å². The lowest BCUT2D eigenvalue weighted by Crippen LogP contribution is -2.63. The molecule has 2 aromatic rings. The minimum atomic E-state index is -2.37. The second kappa shape index (κ2) is 18.3. The molecule has 51 heavy (non-hydrogen) atoms. The quantitative estimate of drug-likeness (QED) is 0.139. The maximum atomic E-state index is 13.8. The zero-order chi connectivity index (χ0) is 37.0. The monoisotopic (exact) mass is 710 g/mol. The van der Waals surface area contributed by atoms with Crippen LogP contribution in [0.1, 0.15) is 88.9 Å². The number of rotatable bonds is 10. The molecule has 0 saturated carbocycles. The largest absolute Gasteiger partial charge is 0.492 e. The SMILES string of the molecule is CCCCCCCC(=O)O[C@H]1/C(=C/C(=O)OC)C[C@H]2C[C@H](CO)OC(=O)CCOc3ccc(-c4ccccc4)cc3C(=O)OCC(C)(C)[C@]1(O)O2. The highest BCUT2D eigenvalue weighted by Crippen LogP contribution is 2.46. The van der Waals surface area contributed by atoms with Crippen molar-refractivity contribution in [1.29, 1.82) is 0 Å². The molecule has 2 bridgehead atoms. The fraction of sp³-hybridized carbons (Fsp3) is 0.538. The maximum Gasteiger partial charge on any atom is 0.341 e. The van der Waals surface area contributed by atoms with Crippen molar-refractivity contribution in [2.75, 3.05) is 26.9 Å². The standard InChI is InChI=1S/C39H50O12/c1-5-6-7-8-12-15-33(41)50-36-28(22-35(43)46-4)20-29-23-30(24-40)49-34(42)18-19-47-32-17-16-27(26-13-10-9-11-14-26)21-31(32)37(44)48-25-38(2,3)39(36,45)51-29/h9-11,13-14,16-17,21-22,29-30,36,40,45H,5-8,12,15,18-20,23-25H2,1-4H3/b28-22+/t29-,30+,36-,39+/m0/s1. The molecule has 0 spiro atoms. The third kappa shape index (κ3) is 10.4. The van der Waals surface area contributed by atoms with Gasteiger partial charge in [0.2, 0.25) is 5.79 Å². The summed E-state index contributed by atoms with van der Waals surface area (Å²) in [4.78, 5) is 52.5. The Bertz CT molecular complexity index is 1530. The molecule has 12 nitrogen and oxygen atoms in total. The van der Waals surface area contributed by atoms with Crippen LogP contribution in [0.4, 0.5) is 0 Å². The van der Waals surface area contributed by atoms with E-state index in [1.807, 2.05) is 30.3 Å². The fourth-order valence-electron chi connectivity index (χ4n) is 6.18. The van der Waals surface area contributed by atoms with Crippen LogP contribution in [0, 0.1) is 5.41 Å². The molecule has 0 radical (unpaired) electrons. The number of benzene rings is 2. The molecule has 0 aromatic heterocycles. The van der Waals surface area contributed by atoms with Crippen LogP contribution in [-0.2, 0) is 38.1 Å². The molecule has 278 valence electrons. The smallest absolute Gasteiger partial charge is 0.341 e. The molecule has 0 unspecified atom stereocenters. The van der Waals surface area contributed by atoms with Crippen LogP contribution in [-0.4, -0.2) is 85.1 Å². The number of ether oxygens (including phenoxy) is 6. The molecule has 0 amide bonds. The van der Waals surface area contributed by atoms with Crippen molar-refractivity contribution in [2.24, 2.45) is 5.41 Å². The molecule has 4 atom stereocenters. The first kappa shape index (κ1) is 39.5. The summed E-state index contributed by atoms with van der Waals surface area (Å²) in [6.07, 6.45) is 1.86. The van der Waals surface area contributed by atoms with Crippen molar-refractivity contribution >= 4 is 23.9 Å². The van der Waals surface area contributed by atoms with Crippen molar-refractivity contribution < 1.29 is 57.8 Å². The third-order valence-electron chi connectivity index (χ3n) is 9.17. The van der Waals surface area contributed by atoms with Gasteiger partial charge in [0, 0.05) is 18.9 Å². The molecular formula is C39H50O12. The number of esters is 4. The Balaban J connectivity index is 1.74. The van der Waals surface area contributed by atoms with Crippen LogP contribution < -0.4 is 4.74 Å². The van der Waals surface area contributed by atoms with E-state index in [9.17, 15) is 29.4 Å². The highest BCUT2D eigenvalue weighted by atomic mass is 16.7. The zero-order valence-corrected chi connectivity index (χ0v) is 29.9. The van der Waals surface area contributed by atoms with Gasteiger partial charge in [-0.15, -0.1) is 0 Å². The van der Waals surface area contributed by atoms with E-state index in [0.717, 1.165) is 37.3 Å². The lowest BCUT2D eigenvalue weighted by atomic mass is 9.75. The van der Waals surface area contributed by atoms with E-state index >= 15 is 0 Å². The van der Waals surface area contributed by atoms with Gasteiger partial charge >= 0.3 is 23.9 Å². The summed E-state index contributed by atoms with van der Waals surface area (Å²) in [5.74, 6) is -5.01. The van der Waals surface area contributed by atoms with Gasteiger partial charge in [-0.25, -0.2) is 9.59 Å². The van der Waals surface area contributed by atoms with E-state index in [0.29, 0.717) is 12.0 Å². The second-order valence-electron chi connectivity index (χ2n) is 13.6. The predicted molar refractivity (Wildman–Crippen MR) is 185 cm³/mol. The van der Waals surface area contributed by atoms with Gasteiger partial charge in [-0.3, -0.25) is 9.59 Å². The van der Waals surface area contributed by atoms with E-state index in [4.69, 9.17) is 28.4 Å². The van der Waals surface area contributed by atoms with Gasteiger partial charge in [0.15, 0.2) is 6.10 Å². The van der Waals surface area contributed by atoms with Gasteiger partial charge in [0.1, 0.15) is 24.0 Å². The number of hydrogen-bond donors (Lipinski definition) is 2. The van der Waals surface area contributed by atoms with E-state index in [1.54, 1.807) is 32.0 Å². The van der Waals surface area contributed by atoms with Gasteiger partial charge in [0.25, 0.3) is 0 Å². The maximum absolute atomic E-state index is 13.8. The number of cyclic esters (lactones) is 2. The van der Waals surface area contributed by atoms with Crippen LogP contribution in [0.2, 0.25) is 0 Å². The summed E-state index contributed by atoms with van der Waals surface area (Å²) in [5, 5.41) is 22.7. The van der Waals surface area contributed by atoms with Crippen LogP contribution >= 0.6 is 0 Å². The van der Waals surface area contributed by atoms with Crippen molar-refractivity contribution in [3.05, 3.63) is 65.7 Å². The summed E-state index contributed by atoms with van der Waals surface area (Å²) in [5.41, 5.74) is 0.339. The zero-order valence-electron chi connectivity index (χ0n) is 29.9. The first-order valence-electron chi connectivity index (χ1n) is 17.6. The second-order valence-corrected chi connectivity index (χ2v) is 13.6. The number of carbonyl (C=O) groups excluding carboxylic acids is 4.